The first-order valence-corrected chi connectivity index (χ1v) is 6.39. The zero-order valence-corrected chi connectivity index (χ0v) is 11.4. The Labute approximate surface area is 112 Å². The zero-order chi connectivity index (χ0) is 14.5. The molecule has 1 heterocycles. The monoisotopic (exact) mass is 274 g/mol. The zero-order valence-electron chi connectivity index (χ0n) is 11.4. The Bertz CT molecular complexity index is 326. The van der Waals surface area contributed by atoms with E-state index < -0.39 is 17.6 Å². The van der Waals surface area contributed by atoms with Crippen molar-refractivity contribution in [1.29, 1.82) is 0 Å². The van der Waals surface area contributed by atoms with Gasteiger partial charge in [-0.3, -0.25) is 0 Å². The van der Waals surface area contributed by atoms with E-state index in [1.165, 1.54) is 4.90 Å². The molecule has 0 aliphatic carbocycles. The van der Waals surface area contributed by atoms with Crippen LogP contribution in [0.15, 0.2) is 0 Å². The summed E-state index contributed by atoms with van der Waals surface area (Å²) in [6.45, 7) is 1.98. The molecule has 7 heteroatoms. The summed E-state index contributed by atoms with van der Waals surface area (Å²) in [6, 6.07) is -0.421. The smallest absolute Gasteiger partial charge is 0.337 e. The summed E-state index contributed by atoms with van der Waals surface area (Å²) >= 11 is 0. The number of hydrogen-bond acceptors (Lipinski definition) is 4. The van der Waals surface area contributed by atoms with Crippen molar-refractivity contribution >= 4 is 12.0 Å². The molecule has 110 valence electrons. The topological polar surface area (TPSA) is 99.1 Å². The van der Waals surface area contributed by atoms with Gasteiger partial charge in [0.25, 0.3) is 0 Å². The fourth-order valence-corrected chi connectivity index (χ4v) is 1.80. The molecule has 3 N–H and O–H groups in total. The second kappa shape index (κ2) is 6.72. The third-order valence-corrected chi connectivity index (χ3v) is 3.14. The molecule has 1 aliphatic heterocycles. The molecule has 0 radical (unpaired) electrons. The number of nitrogens with zero attached hydrogens (tertiary/aromatic N) is 1. The molecule has 0 bridgehead atoms. The van der Waals surface area contributed by atoms with Crippen molar-refractivity contribution in [1.82, 2.24) is 10.2 Å². The normalized spacial score (nSPS) is 22.4. The molecule has 0 saturated carbocycles. The van der Waals surface area contributed by atoms with Crippen LogP contribution < -0.4 is 5.32 Å². The van der Waals surface area contributed by atoms with Gasteiger partial charge in [-0.25, -0.2) is 9.59 Å². The van der Waals surface area contributed by atoms with Gasteiger partial charge in [-0.2, -0.15) is 0 Å². The van der Waals surface area contributed by atoms with Crippen LogP contribution >= 0.6 is 0 Å². The van der Waals surface area contributed by atoms with Gasteiger partial charge in [-0.05, 0) is 26.2 Å². The standard InChI is InChI=1S/C12H22N2O5/c1-12(18,10(15)16)8-13-11(17)14(2)7-9-5-3-4-6-19-9/h9,18H,3-8H2,1-2H3,(H,13,17)(H,15,16). The molecular formula is C12H22N2O5. The lowest BCUT2D eigenvalue weighted by Crippen LogP contribution is -2.50. The number of urea groups is 1. The minimum atomic E-state index is -1.96. The highest BCUT2D eigenvalue weighted by Gasteiger charge is 2.30. The minimum absolute atomic E-state index is 0.0319. The third-order valence-electron chi connectivity index (χ3n) is 3.14. The number of rotatable bonds is 5. The first kappa shape index (κ1) is 15.7. The SMILES string of the molecule is CN(CC1CCCCO1)C(=O)NCC(C)(O)C(=O)O. The highest BCUT2D eigenvalue weighted by Crippen LogP contribution is 2.13. The van der Waals surface area contributed by atoms with Crippen molar-refractivity contribution < 1.29 is 24.5 Å². The first-order valence-electron chi connectivity index (χ1n) is 6.39. The van der Waals surface area contributed by atoms with Gasteiger partial charge < -0.3 is 25.2 Å². The van der Waals surface area contributed by atoms with Crippen LogP contribution in [-0.2, 0) is 9.53 Å². The van der Waals surface area contributed by atoms with Crippen molar-refractivity contribution in [3.8, 4) is 0 Å². The second-order valence-corrected chi connectivity index (χ2v) is 5.11. The van der Waals surface area contributed by atoms with Crippen molar-refractivity contribution in [3.63, 3.8) is 0 Å². The molecule has 1 saturated heterocycles. The molecule has 7 nitrogen and oxygen atoms in total. The maximum atomic E-state index is 11.7. The summed E-state index contributed by atoms with van der Waals surface area (Å²) in [6.07, 6.45) is 3.09. The Hall–Kier alpha value is -1.34. The summed E-state index contributed by atoms with van der Waals surface area (Å²) in [5, 5.41) is 20.6. The summed E-state index contributed by atoms with van der Waals surface area (Å²) in [4.78, 5) is 23.9. The number of likely N-dealkylation sites (N-methyl/N-ethyl adjacent to an activating group) is 1. The predicted molar refractivity (Wildman–Crippen MR) is 67.9 cm³/mol. The van der Waals surface area contributed by atoms with E-state index in [-0.39, 0.29) is 12.6 Å². The fraction of sp³-hybridized carbons (Fsp3) is 0.833. The highest BCUT2D eigenvalue weighted by molar-refractivity contribution is 5.79. The number of hydrogen-bond donors (Lipinski definition) is 3. The van der Waals surface area contributed by atoms with Gasteiger partial charge in [0, 0.05) is 20.2 Å². The average Bonchev–Trinajstić information content (AvgIpc) is 2.37. The Morgan fingerprint density at radius 3 is 2.68 bits per heavy atom. The van der Waals surface area contributed by atoms with Crippen LogP contribution in [0.1, 0.15) is 26.2 Å². The van der Waals surface area contributed by atoms with E-state index in [1.807, 2.05) is 0 Å². The van der Waals surface area contributed by atoms with Gasteiger partial charge in [-0.1, -0.05) is 0 Å². The van der Waals surface area contributed by atoms with E-state index in [4.69, 9.17) is 9.84 Å². The predicted octanol–water partition coefficient (Wildman–Crippen LogP) is 0.0325. The average molecular weight is 274 g/mol. The largest absolute Gasteiger partial charge is 0.479 e. The molecule has 2 atom stereocenters. The van der Waals surface area contributed by atoms with E-state index in [9.17, 15) is 14.7 Å². The number of aliphatic hydroxyl groups is 1. The molecular weight excluding hydrogens is 252 g/mol. The molecule has 1 rings (SSSR count). The number of nitrogens with one attached hydrogen (secondary N) is 1. The van der Waals surface area contributed by atoms with Crippen LogP contribution in [0.25, 0.3) is 0 Å². The van der Waals surface area contributed by atoms with Gasteiger partial charge in [0.15, 0.2) is 5.60 Å². The lowest BCUT2D eigenvalue weighted by atomic mass is 10.1. The molecule has 0 aromatic carbocycles. The van der Waals surface area contributed by atoms with E-state index >= 15 is 0 Å². The van der Waals surface area contributed by atoms with Crippen LogP contribution in [-0.4, -0.2) is 65.6 Å². The Morgan fingerprint density at radius 2 is 2.16 bits per heavy atom. The summed E-state index contributed by atoms with van der Waals surface area (Å²) in [7, 11) is 1.61. The van der Waals surface area contributed by atoms with Crippen molar-refractivity contribution in [2.24, 2.45) is 0 Å². The molecule has 0 spiro atoms. The summed E-state index contributed by atoms with van der Waals surface area (Å²) < 4.78 is 5.52. The number of carbonyl (C=O) groups excluding carboxylic acids is 1. The minimum Gasteiger partial charge on any atom is -0.479 e. The van der Waals surface area contributed by atoms with Crippen LogP contribution in [0.5, 0.6) is 0 Å². The first-order chi connectivity index (χ1) is 8.83. The van der Waals surface area contributed by atoms with Crippen molar-refractivity contribution in [2.75, 3.05) is 26.7 Å². The lowest BCUT2D eigenvalue weighted by molar-refractivity contribution is -0.155. The van der Waals surface area contributed by atoms with Crippen LogP contribution in [0.3, 0.4) is 0 Å². The molecule has 0 aromatic heterocycles. The van der Waals surface area contributed by atoms with E-state index in [0.717, 1.165) is 26.2 Å². The number of carboxylic acids is 1. The fourth-order valence-electron chi connectivity index (χ4n) is 1.80. The van der Waals surface area contributed by atoms with E-state index in [2.05, 4.69) is 5.32 Å². The number of carboxylic acid groups (broad SMARTS) is 1. The van der Waals surface area contributed by atoms with Gasteiger partial charge >= 0.3 is 12.0 Å². The van der Waals surface area contributed by atoms with Gasteiger partial charge in [0.1, 0.15) is 0 Å². The van der Waals surface area contributed by atoms with Crippen LogP contribution in [0.4, 0.5) is 4.79 Å². The Balaban J connectivity index is 2.34. The number of aliphatic carboxylic acids is 1. The molecule has 2 unspecified atom stereocenters. The van der Waals surface area contributed by atoms with Gasteiger partial charge in [-0.15, -0.1) is 0 Å². The summed E-state index contributed by atoms with van der Waals surface area (Å²) in [5.41, 5.74) is -1.96. The molecule has 2 amide bonds. The van der Waals surface area contributed by atoms with Crippen molar-refractivity contribution in [3.05, 3.63) is 0 Å². The maximum Gasteiger partial charge on any atom is 0.337 e. The van der Waals surface area contributed by atoms with E-state index in [0.29, 0.717) is 13.2 Å². The molecule has 1 aliphatic rings. The molecule has 1 fully saturated rings. The van der Waals surface area contributed by atoms with Crippen LogP contribution in [0.2, 0.25) is 0 Å². The van der Waals surface area contributed by atoms with E-state index in [1.54, 1.807) is 7.05 Å². The number of carbonyl (C=O) groups is 2. The lowest BCUT2D eigenvalue weighted by Gasteiger charge is -2.28. The summed E-state index contributed by atoms with van der Waals surface area (Å²) in [5.74, 6) is -1.37. The number of ether oxygens (including phenoxy) is 1. The van der Waals surface area contributed by atoms with Gasteiger partial charge in [0.05, 0.1) is 12.6 Å². The maximum absolute atomic E-state index is 11.7. The van der Waals surface area contributed by atoms with Crippen LogP contribution in [0, 0.1) is 0 Å². The van der Waals surface area contributed by atoms with Gasteiger partial charge in [0.2, 0.25) is 0 Å². The Morgan fingerprint density at radius 1 is 1.47 bits per heavy atom. The Kier molecular flexibility index (Phi) is 5.56. The third kappa shape index (κ3) is 5.04. The number of amides is 2. The van der Waals surface area contributed by atoms with Crippen molar-refractivity contribution in [2.45, 2.75) is 37.9 Å². The quantitative estimate of drug-likeness (QED) is 0.657. The molecule has 19 heavy (non-hydrogen) atoms. The molecule has 0 aromatic rings. The highest BCUT2D eigenvalue weighted by atomic mass is 16.5. The second-order valence-electron chi connectivity index (χ2n) is 5.11.